The van der Waals surface area contributed by atoms with E-state index in [1.54, 1.807) is 0 Å². The molecule has 0 amide bonds. The molecule has 0 spiro atoms. The van der Waals surface area contributed by atoms with Crippen LogP contribution in [0.4, 0.5) is 5.69 Å². The zero-order valence-electron chi connectivity index (χ0n) is 12.0. The monoisotopic (exact) mass is 250 g/mol. The first kappa shape index (κ1) is 15.0. The van der Waals surface area contributed by atoms with E-state index in [0.717, 1.165) is 13.1 Å². The Bertz CT molecular complexity index is 327. The Hall–Kier alpha value is -1.06. The summed E-state index contributed by atoms with van der Waals surface area (Å²) in [5, 5.41) is 0. The van der Waals surface area contributed by atoms with E-state index >= 15 is 0 Å². The molecular formula is C15H26N2O. The van der Waals surface area contributed by atoms with Crippen molar-refractivity contribution in [3.8, 4) is 0 Å². The van der Waals surface area contributed by atoms with Gasteiger partial charge in [0.2, 0.25) is 0 Å². The fourth-order valence-electron chi connectivity index (χ4n) is 2.23. The third-order valence-electron chi connectivity index (χ3n) is 2.96. The number of benzene rings is 1. The molecule has 3 nitrogen and oxygen atoms in total. The summed E-state index contributed by atoms with van der Waals surface area (Å²) in [6.45, 7) is 10.8. The molecule has 0 bridgehead atoms. The lowest BCUT2D eigenvalue weighted by atomic mass is 10.1. The number of morpholine rings is 1. The topological polar surface area (TPSA) is 38.5 Å². The third kappa shape index (κ3) is 4.00. The molecule has 1 heterocycles. The maximum absolute atomic E-state index is 5.72. The molecule has 2 rings (SSSR count). The van der Waals surface area contributed by atoms with Gasteiger partial charge in [0.1, 0.15) is 0 Å². The fourth-order valence-corrected chi connectivity index (χ4v) is 2.23. The van der Waals surface area contributed by atoms with Crippen LogP contribution in [-0.4, -0.2) is 25.3 Å². The van der Waals surface area contributed by atoms with Crippen molar-refractivity contribution < 1.29 is 4.74 Å². The Kier molecular flexibility index (Phi) is 6.16. The minimum absolute atomic E-state index is 0.304. The second-order valence-electron chi connectivity index (χ2n) is 4.53. The van der Waals surface area contributed by atoms with Gasteiger partial charge in [0.25, 0.3) is 0 Å². The van der Waals surface area contributed by atoms with Crippen molar-refractivity contribution >= 4 is 5.69 Å². The van der Waals surface area contributed by atoms with Gasteiger partial charge < -0.3 is 15.4 Å². The molecule has 0 aromatic heterocycles. The number of rotatable bonds is 2. The summed E-state index contributed by atoms with van der Waals surface area (Å²) in [6.07, 6.45) is 0.607. The zero-order chi connectivity index (χ0) is 13.5. The van der Waals surface area contributed by atoms with Crippen LogP contribution >= 0.6 is 0 Å². The van der Waals surface area contributed by atoms with Crippen LogP contribution in [0, 0.1) is 0 Å². The summed E-state index contributed by atoms with van der Waals surface area (Å²) < 4.78 is 5.72. The highest BCUT2D eigenvalue weighted by Gasteiger charge is 2.21. The van der Waals surface area contributed by atoms with Crippen molar-refractivity contribution in [2.75, 3.05) is 18.0 Å². The normalized spacial score (nSPS) is 23.3. The smallest absolute Gasteiger partial charge is 0.0726 e. The minimum Gasteiger partial charge on any atom is -0.372 e. The Morgan fingerprint density at radius 2 is 1.61 bits per heavy atom. The van der Waals surface area contributed by atoms with Crippen LogP contribution in [-0.2, 0) is 11.3 Å². The molecule has 0 radical (unpaired) electrons. The highest BCUT2D eigenvalue weighted by atomic mass is 16.5. The van der Waals surface area contributed by atoms with Gasteiger partial charge in [0.05, 0.1) is 12.2 Å². The number of ether oxygens (including phenoxy) is 1. The van der Waals surface area contributed by atoms with Gasteiger partial charge in [-0.3, -0.25) is 0 Å². The Balaban J connectivity index is 0.000000771. The minimum atomic E-state index is 0.304. The predicted molar refractivity (Wildman–Crippen MR) is 77.9 cm³/mol. The first-order chi connectivity index (χ1) is 8.69. The van der Waals surface area contributed by atoms with Crippen molar-refractivity contribution in [1.82, 2.24) is 0 Å². The second kappa shape index (κ2) is 7.39. The van der Waals surface area contributed by atoms with Gasteiger partial charge in [-0.05, 0) is 31.5 Å². The van der Waals surface area contributed by atoms with E-state index in [-0.39, 0.29) is 0 Å². The molecule has 3 heteroatoms. The molecule has 18 heavy (non-hydrogen) atoms. The average molecular weight is 250 g/mol. The molecule has 2 atom stereocenters. The number of anilines is 1. The summed E-state index contributed by atoms with van der Waals surface area (Å²) >= 11 is 0. The predicted octanol–water partition coefficient (Wildman–Crippen LogP) is 2.79. The van der Waals surface area contributed by atoms with E-state index in [2.05, 4.69) is 43.0 Å². The molecule has 1 aliphatic heterocycles. The van der Waals surface area contributed by atoms with Gasteiger partial charge in [-0.2, -0.15) is 0 Å². The van der Waals surface area contributed by atoms with Gasteiger partial charge in [-0.25, -0.2) is 0 Å². The molecule has 1 aromatic carbocycles. The van der Waals surface area contributed by atoms with Crippen LogP contribution < -0.4 is 10.6 Å². The summed E-state index contributed by atoms with van der Waals surface area (Å²) in [4.78, 5) is 2.37. The van der Waals surface area contributed by atoms with Crippen molar-refractivity contribution in [3.63, 3.8) is 0 Å². The average Bonchev–Trinajstić information content (AvgIpc) is 2.40. The van der Waals surface area contributed by atoms with E-state index in [1.807, 2.05) is 13.8 Å². The van der Waals surface area contributed by atoms with Gasteiger partial charge >= 0.3 is 0 Å². The number of nitrogens with zero attached hydrogens (tertiary/aromatic N) is 1. The molecule has 1 saturated heterocycles. The van der Waals surface area contributed by atoms with Crippen LogP contribution in [0.25, 0.3) is 0 Å². The van der Waals surface area contributed by atoms with Crippen molar-refractivity contribution in [2.24, 2.45) is 5.73 Å². The molecule has 1 aromatic rings. The summed E-state index contributed by atoms with van der Waals surface area (Å²) in [7, 11) is 0. The number of hydrogen-bond acceptors (Lipinski definition) is 3. The van der Waals surface area contributed by atoms with E-state index in [0.29, 0.717) is 18.8 Å². The molecule has 0 saturated carbocycles. The number of hydrogen-bond donors (Lipinski definition) is 1. The first-order valence-corrected chi connectivity index (χ1v) is 6.88. The van der Waals surface area contributed by atoms with Crippen LogP contribution in [0.5, 0.6) is 0 Å². The quantitative estimate of drug-likeness (QED) is 0.877. The van der Waals surface area contributed by atoms with Gasteiger partial charge in [-0.15, -0.1) is 0 Å². The molecule has 0 aliphatic carbocycles. The largest absolute Gasteiger partial charge is 0.372 e. The molecule has 102 valence electrons. The highest BCUT2D eigenvalue weighted by Crippen LogP contribution is 2.20. The van der Waals surface area contributed by atoms with Gasteiger partial charge in [0, 0.05) is 25.3 Å². The van der Waals surface area contributed by atoms with Crippen molar-refractivity contribution in [1.29, 1.82) is 0 Å². The van der Waals surface area contributed by atoms with E-state index in [4.69, 9.17) is 10.5 Å². The lowest BCUT2D eigenvalue weighted by Gasteiger charge is -2.36. The summed E-state index contributed by atoms with van der Waals surface area (Å²) in [5.41, 5.74) is 8.03. The van der Waals surface area contributed by atoms with E-state index in [1.165, 1.54) is 11.3 Å². The highest BCUT2D eigenvalue weighted by molar-refractivity contribution is 5.48. The fraction of sp³-hybridized carbons (Fsp3) is 0.600. The molecule has 2 N–H and O–H groups in total. The lowest BCUT2D eigenvalue weighted by molar-refractivity contribution is -0.00521. The molecule has 1 aliphatic rings. The molecule has 2 unspecified atom stereocenters. The van der Waals surface area contributed by atoms with Crippen LogP contribution in [0.2, 0.25) is 0 Å². The second-order valence-corrected chi connectivity index (χ2v) is 4.53. The molecular weight excluding hydrogens is 224 g/mol. The third-order valence-corrected chi connectivity index (χ3v) is 2.96. The van der Waals surface area contributed by atoms with Crippen molar-refractivity contribution in [2.45, 2.75) is 46.4 Å². The van der Waals surface area contributed by atoms with Gasteiger partial charge in [-0.1, -0.05) is 26.0 Å². The van der Waals surface area contributed by atoms with Crippen molar-refractivity contribution in [3.05, 3.63) is 29.8 Å². The van der Waals surface area contributed by atoms with Gasteiger partial charge in [0.15, 0.2) is 0 Å². The maximum Gasteiger partial charge on any atom is 0.0726 e. The number of nitrogens with two attached hydrogens (primary N) is 1. The van der Waals surface area contributed by atoms with Crippen LogP contribution in [0.15, 0.2) is 24.3 Å². The Morgan fingerprint density at radius 1 is 1.11 bits per heavy atom. The first-order valence-electron chi connectivity index (χ1n) is 6.88. The van der Waals surface area contributed by atoms with E-state index < -0.39 is 0 Å². The maximum atomic E-state index is 5.72. The summed E-state index contributed by atoms with van der Waals surface area (Å²) in [5.74, 6) is 0. The zero-order valence-corrected chi connectivity index (χ0v) is 12.0. The molecule has 1 fully saturated rings. The lowest BCUT2D eigenvalue weighted by Crippen LogP contribution is -2.45. The SMILES string of the molecule is CC.CC1CN(c2ccc(CN)cc2)CC(C)O1. The Labute approximate surface area is 111 Å². The standard InChI is InChI=1S/C13H20N2O.C2H6/c1-10-8-15(9-11(2)16-10)13-5-3-12(7-14)4-6-13;1-2/h3-6,10-11H,7-9,14H2,1-2H3;1-2H3. The van der Waals surface area contributed by atoms with Crippen LogP contribution in [0.1, 0.15) is 33.3 Å². The van der Waals surface area contributed by atoms with Crippen LogP contribution in [0.3, 0.4) is 0 Å². The Morgan fingerprint density at radius 3 is 2.06 bits per heavy atom. The summed E-state index contributed by atoms with van der Waals surface area (Å²) in [6, 6.07) is 8.49. The van der Waals surface area contributed by atoms with E-state index in [9.17, 15) is 0 Å².